The lowest BCUT2D eigenvalue weighted by atomic mass is 10.1. The van der Waals surface area contributed by atoms with E-state index in [1.807, 2.05) is 0 Å². The number of carbonyl (C=O) groups excluding carboxylic acids is 1. The lowest BCUT2D eigenvalue weighted by Crippen LogP contribution is -2.32. The minimum atomic E-state index is -0.101. The van der Waals surface area contributed by atoms with Gasteiger partial charge in [0.15, 0.2) is 11.5 Å². The van der Waals surface area contributed by atoms with Crippen molar-refractivity contribution in [1.82, 2.24) is 4.90 Å². The topological polar surface area (TPSA) is 74.0 Å². The number of rotatable bonds is 4. The highest BCUT2D eigenvalue weighted by atomic mass is 35.5. The summed E-state index contributed by atoms with van der Waals surface area (Å²) in [6.07, 6.45) is 0.821. The van der Waals surface area contributed by atoms with Gasteiger partial charge in [0.05, 0.1) is 26.9 Å². The van der Waals surface area contributed by atoms with Crippen molar-refractivity contribution in [3.63, 3.8) is 0 Å². The standard InChI is InChI=1S/C14H20N2O4.ClH/c1-18-11-7-13(20-3)12(19-2)6-10(11)14(17)16-5-4-9(15)8-16;/h6-7,9H,4-5,8,15H2,1-3H3;1H. The van der Waals surface area contributed by atoms with Gasteiger partial charge in [0.25, 0.3) is 5.91 Å². The van der Waals surface area contributed by atoms with Gasteiger partial charge in [0.1, 0.15) is 5.75 Å². The van der Waals surface area contributed by atoms with E-state index in [1.165, 1.54) is 21.3 Å². The van der Waals surface area contributed by atoms with E-state index in [4.69, 9.17) is 19.9 Å². The Bertz CT molecular complexity index is 510. The van der Waals surface area contributed by atoms with Crippen LogP contribution in [0, 0.1) is 0 Å². The molecule has 1 amide bonds. The van der Waals surface area contributed by atoms with Crippen LogP contribution in [0.1, 0.15) is 16.8 Å². The third kappa shape index (κ3) is 3.51. The van der Waals surface area contributed by atoms with Crippen LogP contribution in [-0.4, -0.2) is 51.3 Å². The second-order valence-electron chi connectivity index (χ2n) is 4.71. The van der Waals surface area contributed by atoms with Crippen molar-refractivity contribution >= 4 is 18.3 Å². The number of ether oxygens (including phenoxy) is 3. The summed E-state index contributed by atoms with van der Waals surface area (Å²) in [4.78, 5) is 14.3. The van der Waals surface area contributed by atoms with E-state index in [-0.39, 0.29) is 24.4 Å². The van der Waals surface area contributed by atoms with Gasteiger partial charge in [-0.25, -0.2) is 0 Å². The molecule has 1 aliphatic rings. The minimum Gasteiger partial charge on any atom is -0.496 e. The molecular weight excluding hydrogens is 296 g/mol. The van der Waals surface area contributed by atoms with Crippen LogP contribution in [0.3, 0.4) is 0 Å². The Morgan fingerprint density at radius 2 is 1.71 bits per heavy atom. The molecule has 1 aromatic rings. The molecule has 0 spiro atoms. The van der Waals surface area contributed by atoms with Crippen molar-refractivity contribution in [3.8, 4) is 17.2 Å². The number of benzene rings is 1. The first-order valence-electron chi connectivity index (χ1n) is 6.45. The summed E-state index contributed by atoms with van der Waals surface area (Å²) in [5.74, 6) is 1.39. The van der Waals surface area contributed by atoms with Crippen molar-refractivity contribution in [2.75, 3.05) is 34.4 Å². The van der Waals surface area contributed by atoms with Gasteiger partial charge in [-0.2, -0.15) is 0 Å². The summed E-state index contributed by atoms with van der Waals surface area (Å²) in [5.41, 5.74) is 6.30. The van der Waals surface area contributed by atoms with Crippen molar-refractivity contribution in [3.05, 3.63) is 17.7 Å². The maximum Gasteiger partial charge on any atom is 0.257 e. The number of methoxy groups -OCH3 is 3. The third-order valence-electron chi connectivity index (χ3n) is 3.45. The molecule has 2 rings (SSSR count). The van der Waals surface area contributed by atoms with Crippen LogP contribution in [0.15, 0.2) is 12.1 Å². The molecule has 1 saturated heterocycles. The van der Waals surface area contributed by atoms with Gasteiger partial charge in [0, 0.05) is 31.3 Å². The van der Waals surface area contributed by atoms with Crippen LogP contribution < -0.4 is 19.9 Å². The van der Waals surface area contributed by atoms with Crippen LogP contribution in [0.5, 0.6) is 17.2 Å². The molecule has 6 nitrogen and oxygen atoms in total. The number of halogens is 1. The van der Waals surface area contributed by atoms with E-state index in [1.54, 1.807) is 17.0 Å². The summed E-state index contributed by atoms with van der Waals surface area (Å²) in [7, 11) is 4.59. The Balaban J connectivity index is 0.00000220. The molecule has 1 fully saturated rings. The van der Waals surface area contributed by atoms with Gasteiger partial charge in [-0.3, -0.25) is 4.79 Å². The molecule has 118 valence electrons. The SMILES string of the molecule is COc1cc(OC)c(C(=O)N2CCC(N)C2)cc1OC.Cl. The van der Waals surface area contributed by atoms with E-state index in [2.05, 4.69) is 0 Å². The zero-order valence-corrected chi connectivity index (χ0v) is 13.2. The Kier molecular flexibility index (Phi) is 6.11. The van der Waals surface area contributed by atoms with Gasteiger partial charge in [-0.15, -0.1) is 12.4 Å². The molecule has 0 aromatic heterocycles. The number of hydrogen-bond donors (Lipinski definition) is 1. The van der Waals surface area contributed by atoms with Crippen molar-refractivity contribution < 1.29 is 19.0 Å². The van der Waals surface area contributed by atoms with Gasteiger partial charge < -0.3 is 24.8 Å². The lowest BCUT2D eigenvalue weighted by Gasteiger charge is -2.19. The molecule has 1 atom stereocenters. The van der Waals surface area contributed by atoms with E-state index in [0.29, 0.717) is 35.9 Å². The molecule has 0 radical (unpaired) electrons. The predicted molar refractivity (Wildman–Crippen MR) is 81.8 cm³/mol. The average molecular weight is 317 g/mol. The van der Waals surface area contributed by atoms with Crippen molar-refractivity contribution in [1.29, 1.82) is 0 Å². The number of hydrogen-bond acceptors (Lipinski definition) is 5. The van der Waals surface area contributed by atoms with Gasteiger partial charge in [-0.05, 0) is 6.42 Å². The fourth-order valence-electron chi connectivity index (χ4n) is 2.34. The largest absolute Gasteiger partial charge is 0.496 e. The smallest absolute Gasteiger partial charge is 0.257 e. The van der Waals surface area contributed by atoms with Crippen molar-refractivity contribution in [2.24, 2.45) is 5.73 Å². The molecule has 1 aliphatic heterocycles. The second kappa shape index (κ2) is 7.38. The summed E-state index contributed by atoms with van der Waals surface area (Å²) in [6, 6.07) is 3.34. The first kappa shape index (κ1) is 17.4. The van der Waals surface area contributed by atoms with Gasteiger partial charge >= 0.3 is 0 Å². The highest BCUT2D eigenvalue weighted by Gasteiger charge is 2.27. The van der Waals surface area contributed by atoms with E-state index in [0.717, 1.165) is 6.42 Å². The Hall–Kier alpha value is -1.66. The third-order valence-corrected chi connectivity index (χ3v) is 3.45. The molecule has 0 bridgehead atoms. The second-order valence-corrected chi connectivity index (χ2v) is 4.71. The fourth-order valence-corrected chi connectivity index (χ4v) is 2.34. The van der Waals surface area contributed by atoms with E-state index < -0.39 is 0 Å². The quantitative estimate of drug-likeness (QED) is 0.906. The average Bonchev–Trinajstić information content (AvgIpc) is 2.91. The monoisotopic (exact) mass is 316 g/mol. The van der Waals surface area contributed by atoms with Crippen LogP contribution in [0.2, 0.25) is 0 Å². The number of amides is 1. The normalized spacial score (nSPS) is 17.1. The zero-order valence-electron chi connectivity index (χ0n) is 12.4. The maximum absolute atomic E-state index is 12.5. The zero-order chi connectivity index (χ0) is 14.7. The van der Waals surface area contributed by atoms with Crippen molar-refractivity contribution in [2.45, 2.75) is 12.5 Å². The number of nitrogens with two attached hydrogens (primary N) is 1. The highest BCUT2D eigenvalue weighted by Crippen LogP contribution is 2.35. The van der Waals surface area contributed by atoms with Crippen LogP contribution in [0.4, 0.5) is 0 Å². The highest BCUT2D eigenvalue weighted by molar-refractivity contribution is 5.98. The summed E-state index contributed by atoms with van der Waals surface area (Å²) >= 11 is 0. The van der Waals surface area contributed by atoms with Crippen LogP contribution >= 0.6 is 12.4 Å². The summed E-state index contributed by atoms with van der Waals surface area (Å²) < 4.78 is 15.7. The minimum absolute atomic E-state index is 0. The first-order chi connectivity index (χ1) is 9.60. The molecule has 7 heteroatoms. The summed E-state index contributed by atoms with van der Waals surface area (Å²) in [5, 5.41) is 0. The Morgan fingerprint density at radius 1 is 1.14 bits per heavy atom. The molecular formula is C14H21ClN2O4. The molecule has 0 aliphatic carbocycles. The molecule has 1 unspecified atom stereocenters. The molecule has 1 aromatic carbocycles. The molecule has 21 heavy (non-hydrogen) atoms. The summed E-state index contributed by atoms with van der Waals surface area (Å²) in [6.45, 7) is 1.23. The predicted octanol–water partition coefficient (Wildman–Crippen LogP) is 1.31. The molecule has 1 heterocycles. The fraction of sp³-hybridized carbons (Fsp3) is 0.500. The number of nitrogens with zero attached hydrogens (tertiary/aromatic N) is 1. The van der Waals surface area contributed by atoms with E-state index in [9.17, 15) is 4.79 Å². The maximum atomic E-state index is 12.5. The Morgan fingerprint density at radius 3 is 2.19 bits per heavy atom. The molecule has 0 saturated carbocycles. The lowest BCUT2D eigenvalue weighted by molar-refractivity contribution is 0.0787. The number of carbonyl (C=O) groups is 1. The Labute approximate surface area is 130 Å². The van der Waals surface area contributed by atoms with E-state index >= 15 is 0 Å². The van der Waals surface area contributed by atoms with Gasteiger partial charge in [-0.1, -0.05) is 0 Å². The first-order valence-corrected chi connectivity index (χ1v) is 6.45. The van der Waals surface area contributed by atoms with Crippen LogP contribution in [-0.2, 0) is 0 Å². The molecule has 2 N–H and O–H groups in total. The van der Waals surface area contributed by atoms with Crippen LogP contribution in [0.25, 0.3) is 0 Å². The van der Waals surface area contributed by atoms with Gasteiger partial charge in [0.2, 0.25) is 0 Å². The number of likely N-dealkylation sites (tertiary alicyclic amines) is 1.